The van der Waals surface area contributed by atoms with E-state index >= 15 is 0 Å². The molecule has 0 bridgehead atoms. The Bertz CT molecular complexity index is 1730. The lowest BCUT2D eigenvalue weighted by Crippen LogP contribution is -2.35. The molecule has 2 aliphatic rings. The van der Waals surface area contributed by atoms with Crippen molar-refractivity contribution in [2.45, 2.75) is 70.6 Å². The SMILES string of the molecule is C.COC(=O)C(C(=O)OC)C1CCC(c2ccnc3ccc(F)cc23)CC1.COC(=O)C(C(=O)OC)C1CCC(c2ccnc3ccc(F)cc23)CC1. The van der Waals surface area contributed by atoms with Crippen LogP contribution in [0.5, 0.6) is 0 Å². The fourth-order valence-corrected chi connectivity index (χ4v) is 7.99. The van der Waals surface area contributed by atoms with Gasteiger partial charge in [-0.05, 0) is 135 Å². The van der Waals surface area contributed by atoms with Gasteiger partial charge < -0.3 is 18.9 Å². The molecule has 0 amide bonds. The summed E-state index contributed by atoms with van der Waals surface area (Å²) in [6.45, 7) is 0. The maximum absolute atomic E-state index is 13.7. The number of benzene rings is 2. The van der Waals surface area contributed by atoms with E-state index in [9.17, 15) is 28.0 Å². The van der Waals surface area contributed by atoms with Gasteiger partial charge in [0.2, 0.25) is 0 Å². The Kier molecular flexibility index (Phi) is 14.4. The lowest BCUT2D eigenvalue weighted by atomic mass is 9.73. The Morgan fingerprint density at radius 2 is 0.868 bits per heavy atom. The quantitative estimate of drug-likeness (QED) is 0.100. The monoisotopic (exact) mass is 734 g/mol. The Morgan fingerprint density at radius 1 is 0.547 bits per heavy atom. The molecule has 2 aliphatic carbocycles. The average Bonchev–Trinajstić information content (AvgIpc) is 3.18. The Balaban J connectivity index is 0.000000232. The third-order valence-electron chi connectivity index (χ3n) is 10.7. The smallest absolute Gasteiger partial charge is 0.320 e. The van der Waals surface area contributed by atoms with Crippen molar-refractivity contribution in [2.24, 2.45) is 23.7 Å². The third kappa shape index (κ3) is 9.33. The van der Waals surface area contributed by atoms with E-state index in [2.05, 4.69) is 9.97 Å². The number of halogens is 2. The van der Waals surface area contributed by atoms with Gasteiger partial charge in [0.1, 0.15) is 11.6 Å². The van der Waals surface area contributed by atoms with Crippen molar-refractivity contribution in [3.8, 4) is 0 Å². The van der Waals surface area contributed by atoms with Crippen LogP contribution in [-0.4, -0.2) is 62.3 Å². The molecule has 2 aromatic heterocycles. The molecule has 53 heavy (non-hydrogen) atoms. The number of hydrogen-bond acceptors (Lipinski definition) is 10. The van der Waals surface area contributed by atoms with Gasteiger partial charge in [-0.3, -0.25) is 29.1 Å². The van der Waals surface area contributed by atoms with Crippen molar-refractivity contribution in [2.75, 3.05) is 28.4 Å². The number of esters is 4. The Labute approximate surface area is 308 Å². The van der Waals surface area contributed by atoms with Crippen LogP contribution in [-0.2, 0) is 38.1 Å². The molecule has 12 heteroatoms. The van der Waals surface area contributed by atoms with Gasteiger partial charge in [-0.15, -0.1) is 0 Å². The van der Waals surface area contributed by atoms with Crippen LogP contribution in [0.25, 0.3) is 21.8 Å². The largest absolute Gasteiger partial charge is 0.468 e. The third-order valence-corrected chi connectivity index (χ3v) is 10.7. The summed E-state index contributed by atoms with van der Waals surface area (Å²) in [5, 5.41) is 1.65. The molecular weight excluding hydrogens is 686 g/mol. The maximum Gasteiger partial charge on any atom is 0.320 e. The highest BCUT2D eigenvalue weighted by Crippen LogP contribution is 2.43. The van der Waals surface area contributed by atoms with Crippen molar-refractivity contribution >= 4 is 45.7 Å². The highest BCUT2D eigenvalue weighted by Gasteiger charge is 2.40. The first-order valence-corrected chi connectivity index (χ1v) is 17.5. The van der Waals surface area contributed by atoms with Crippen molar-refractivity contribution in [3.05, 3.63) is 83.7 Å². The van der Waals surface area contributed by atoms with Crippen molar-refractivity contribution < 1.29 is 46.9 Å². The molecule has 0 N–H and O–H groups in total. The van der Waals surface area contributed by atoms with Crippen molar-refractivity contribution in [1.29, 1.82) is 0 Å². The van der Waals surface area contributed by atoms with Crippen LogP contribution >= 0.6 is 0 Å². The van der Waals surface area contributed by atoms with Gasteiger partial charge in [0.25, 0.3) is 0 Å². The van der Waals surface area contributed by atoms with Gasteiger partial charge in [-0.1, -0.05) is 7.43 Å². The van der Waals surface area contributed by atoms with Gasteiger partial charge in [0.15, 0.2) is 11.8 Å². The second kappa shape index (κ2) is 18.7. The number of pyridine rings is 2. The topological polar surface area (TPSA) is 131 Å². The normalized spacial score (nSPS) is 19.8. The molecule has 2 heterocycles. The summed E-state index contributed by atoms with van der Waals surface area (Å²) in [5.74, 6) is -4.21. The van der Waals surface area contributed by atoms with E-state index in [0.717, 1.165) is 58.6 Å². The second-order valence-corrected chi connectivity index (χ2v) is 13.4. The van der Waals surface area contributed by atoms with E-state index in [1.54, 1.807) is 24.5 Å². The first-order valence-electron chi connectivity index (χ1n) is 17.5. The standard InChI is InChI=1S/2C20H22FNO4.CH4/c2*1-25-19(23)18(20(24)26-2)13-5-3-12(4-6-13)15-9-10-22-17-8-7-14(21)11-16(15)17;/h2*7-13,18H,3-6H2,1-2H3;1H4. The summed E-state index contributed by atoms with van der Waals surface area (Å²) in [5.41, 5.74) is 3.68. The van der Waals surface area contributed by atoms with Gasteiger partial charge in [-0.2, -0.15) is 0 Å². The van der Waals surface area contributed by atoms with Gasteiger partial charge in [0.05, 0.1) is 39.5 Å². The summed E-state index contributed by atoms with van der Waals surface area (Å²) >= 11 is 0. The molecule has 2 fully saturated rings. The van der Waals surface area contributed by atoms with E-state index in [1.807, 2.05) is 12.1 Å². The fourth-order valence-electron chi connectivity index (χ4n) is 7.99. The van der Waals surface area contributed by atoms with Crippen molar-refractivity contribution in [1.82, 2.24) is 9.97 Å². The number of rotatable bonds is 8. The molecule has 10 nitrogen and oxygen atoms in total. The predicted octanol–water partition coefficient (Wildman–Crippen LogP) is 7.86. The number of nitrogens with zero attached hydrogens (tertiary/aromatic N) is 2. The van der Waals surface area contributed by atoms with Crippen LogP contribution in [0.4, 0.5) is 8.78 Å². The number of aromatic nitrogens is 2. The minimum atomic E-state index is -0.877. The summed E-state index contributed by atoms with van der Waals surface area (Å²) in [6, 6.07) is 13.1. The number of carbonyl (C=O) groups excluding carboxylic acids is 4. The summed E-state index contributed by atoms with van der Waals surface area (Å²) in [6.07, 6.45) is 9.56. The van der Waals surface area contributed by atoms with Crippen LogP contribution in [0.1, 0.15) is 81.8 Å². The van der Waals surface area contributed by atoms with E-state index in [0.29, 0.717) is 25.7 Å². The molecule has 0 aliphatic heterocycles. The van der Waals surface area contributed by atoms with Crippen LogP contribution in [0.3, 0.4) is 0 Å². The number of hydrogen-bond donors (Lipinski definition) is 0. The molecule has 2 aromatic carbocycles. The zero-order chi connectivity index (χ0) is 37.4. The molecule has 2 saturated carbocycles. The number of fused-ring (bicyclic) bond motifs is 2. The van der Waals surface area contributed by atoms with Crippen LogP contribution in [0.2, 0.25) is 0 Å². The summed E-state index contributed by atoms with van der Waals surface area (Å²) in [4.78, 5) is 56.6. The average molecular weight is 735 g/mol. The molecule has 4 aromatic rings. The molecule has 284 valence electrons. The lowest BCUT2D eigenvalue weighted by molar-refractivity contribution is -0.164. The van der Waals surface area contributed by atoms with Gasteiger partial charge >= 0.3 is 23.9 Å². The van der Waals surface area contributed by atoms with E-state index in [-0.39, 0.29) is 42.7 Å². The predicted molar refractivity (Wildman–Crippen MR) is 195 cm³/mol. The Morgan fingerprint density at radius 3 is 1.17 bits per heavy atom. The number of methoxy groups -OCH3 is 4. The summed E-state index contributed by atoms with van der Waals surface area (Å²) < 4.78 is 46.5. The van der Waals surface area contributed by atoms with Crippen LogP contribution in [0, 0.1) is 35.3 Å². The van der Waals surface area contributed by atoms with E-state index in [4.69, 9.17) is 18.9 Å². The summed E-state index contributed by atoms with van der Waals surface area (Å²) in [7, 11) is 5.12. The zero-order valence-electron chi connectivity index (χ0n) is 29.8. The lowest BCUT2D eigenvalue weighted by Gasteiger charge is -2.32. The number of carbonyl (C=O) groups is 4. The molecule has 0 unspecified atom stereocenters. The first-order chi connectivity index (χ1) is 25.1. The van der Waals surface area contributed by atoms with E-state index < -0.39 is 35.7 Å². The minimum absolute atomic E-state index is 0. The zero-order valence-corrected chi connectivity index (χ0v) is 29.8. The number of ether oxygens (including phenoxy) is 4. The molecule has 0 radical (unpaired) electrons. The highest BCUT2D eigenvalue weighted by atomic mass is 19.1. The molecule has 0 spiro atoms. The highest BCUT2D eigenvalue weighted by molar-refractivity contribution is 5.96. The van der Waals surface area contributed by atoms with Gasteiger partial charge in [-0.25, -0.2) is 8.78 Å². The maximum atomic E-state index is 13.7. The molecule has 0 atom stereocenters. The minimum Gasteiger partial charge on any atom is -0.468 e. The molecule has 6 rings (SSSR count). The van der Waals surface area contributed by atoms with E-state index in [1.165, 1.54) is 52.7 Å². The molecule has 0 saturated heterocycles. The van der Waals surface area contributed by atoms with Gasteiger partial charge in [0, 0.05) is 23.2 Å². The molecular formula is C41H48F2N2O8. The first kappa shape index (κ1) is 40.8. The fraction of sp³-hybridized carbons (Fsp3) is 0.463. The van der Waals surface area contributed by atoms with Crippen molar-refractivity contribution in [3.63, 3.8) is 0 Å². The van der Waals surface area contributed by atoms with Crippen LogP contribution in [0.15, 0.2) is 60.9 Å². The van der Waals surface area contributed by atoms with Crippen LogP contribution < -0.4 is 0 Å². The Hall–Kier alpha value is -5.00. The second-order valence-electron chi connectivity index (χ2n) is 13.4.